The van der Waals surface area contributed by atoms with Gasteiger partial charge >= 0.3 is 0 Å². The third-order valence-electron chi connectivity index (χ3n) is 1.75. The Morgan fingerprint density at radius 2 is 1.87 bits per heavy atom. The maximum absolute atomic E-state index is 12.7. The predicted molar refractivity (Wildman–Crippen MR) is 59.4 cm³/mol. The van der Waals surface area contributed by atoms with Gasteiger partial charge in [-0.15, -0.1) is 0 Å². The molecule has 0 radical (unpaired) electrons. The molecule has 0 unspecified atom stereocenters. The molecule has 1 aromatic heterocycles. The summed E-state index contributed by atoms with van der Waals surface area (Å²) in [5.74, 6) is -0.116. The molecular weight excluding hydrogens is 261 g/mol. The van der Waals surface area contributed by atoms with E-state index in [9.17, 15) is 4.39 Å². The minimum Gasteiger partial charge on any atom is -0.340 e. The number of anilines is 2. The van der Waals surface area contributed by atoms with Crippen LogP contribution >= 0.6 is 15.9 Å². The van der Waals surface area contributed by atoms with Gasteiger partial charge in [0, 0.05) is 16.2 Å². The number of nitrogens with one attached hydrogen (secondary N) is 1. The van der Waals surface area contributed by atoms with Gasteiger partial charge in [0.25, 0.3) is 0 Å². The van der Waals surface area contributed by atoms with Gasteiger partial charge in [0.2, 0.25) is 5.95 Å². The van der Waals surface area contributed by atoms with E-state index < -0.39 is 5.95 Å². The van der Waals surface area contributed by atoms with Gasteiger partial charge < -0.3 is 5.32 Å². The molecule has 1 N–H and O–H groups in total. The third-order valence-corrected chi connectivity index (χ3v) is 2.28. The molecule has 15 heavy (non-hydrogen) atoms. The van der Waals surface area contributed by atoms with Gasteiger partial charge in [-0.3, -0.25) is 0 Å². The fourth-order valence-electron chi connectivity index (χ4n) is 1.08. The minimum absolute atomic E-state index is 0.435. The molecule has 1 aromatic carbocycles. The fourth-order valence-corrected chi connectivity index (χ4v) is 1.35. The zero-order valence-corrected chi connectivity index (χ0v) is 9.20. The van der Waals surface area contributed by atoms with Crippen LogP contribution in [0.25, 0.3) is 0 Å². The molecule has 76 valence electrons. The first-order chi connectivity index (χ1) is 7.24. The highest BCUT2D eigenvalue weighted by Gasteiger charge is 1.98. The lowest BCUT2D eigenvalue weighted by molar-refractivity contribution is 0.580. The maximum Gasteiger partial charge on any atom is 0.218 e. The second-order valence-corrected chi connectivity index (χ2v) is 3.77. The largest absolute Gasteiger partial charge is 0.340 e. The lowest BCUT2D eigenvalue weighted by atomic mass is 10.3. The molecule has 0 fully saturated rings. The molecule has 0 amide bonds. The Bertz CT molecular complexity index is 458. The number of hydrogen-bond acceptors (Lipinski definition) is 3. The average molecular weight is 268 g/mol. The number of rotatable bonds is 2. The van der Waals surface area contributed by atoms with E-state index in [1.807, 2.05) is 24.3 Å². The Morgan fingerprint density at radius 1 is 1.13 bits per heavy atom. The van der Waals surface area contributed by atoms with Crippen LogP contribution < -0.4 is 5.32 Å². The Kier molecular flexibility index (Phi) is 2.91. The predicted octanol–water partition coefficient (Wildman–Crippen LogP) is 3.12. The summed E-state index contributed by atoms with van der Waals surface area (Å²) in [7, 11) is 0. The third kappa shape index (κ3) is 2.73. The highest BCUT2D eigenvalue weighted by molar-refractivity contribution is 9.10. The van der Waals surface area contributed by atoms with Gasteiger partial charge in [0.05, 0.1) is 0 Å². The highest BCUT2D eigenvalue weighted by Crippen LogP contribution is 2.17. The number of halogens is 2. The first-order valence-electron chi connectivity index (χ1n) is 4.24. The van der Waals surface area contributed by atoms with Crippen LogP contribution in [0.3, 0.4) is 0 Å². The summed E-state index contributed by atoms with van der Waals surface area (Å²) in [6, 6.07) is 8.75. The van der Waals surface area contributed by atoms with Gasteiger partial charge in [-0.25, -0.2) is 9.97 Å². The molecule has 0 saturated heterocycles. The Morgan fingerprint density at radius 3 is 2.53 bits per heavy atom. The van der Waals surface area contributed by atoms with Crippen LogP contribution in [-0.4, -0.2) is 9.97 Å². The van der Waals surface area contributed by atoms with Crippen molar-refractivity contribution in [3.8, 4) is 0 Å². The summed E-state index contributed by atoms with van der Waals surface area (Å²) < 4.78 is 13.7. The van der Waals surface area contributed by atoms with Gasteiger partial charge in [0.1, 0.15) is 12.1 Å². The van der Waals surface area contributed by atoms with Crippen LogP contribution in [-0.2, 0) is 0 Å². The molecule has 0 bridgehead atoms. The van der Waals surface area contributed by atoms with E-state index in [1.54, 1.807) is 0 Å². The van der Waals surface area contributed by atoms with Gasteiger partial charge in [-0.1, -0.05) is 15.9 Å². The van der Waals surface area contributed by atoms with Crippen molar-refractivity contribution in [2.75, 3.05) is 5.32 Å². The van der Waals surface area contributed by atoms with Crippen LogP contribution in [0.4, 0.5) is 15.9 Å². The molecule has 0 atom stereocenters. The lowest BCUT2D eigenvalue weighted by Gasteiger charge is -2.04. The van der Waals surface area contributed by atoms with Crippen molar-refractivity contribution in [3.63, 3.8) is 0 Å². The van der Waals surface area contributed by atoms with Crippen molar-refractivity contribution < 1.29 is 4.39 Å². The number of nitrogens with zero attached hydrogens (tertiary/aromatic N) is 2. The topological polar surface area (TPSA) is 37.8 Å². The maximum atomic E-state index is 12.7. The highest BCUT2D eigenvalue weighted by atomic mass is 79.9. The minimum atomic E-state index is -0.551. The standard InChI is InChI=1S/C10H7BrFN3/c11-7-1-3-8(4-2-7)15-10-5-9(12)13-6-14-10/h1-6H,(H,13,14,15). The molecule has 0 aliphatic rings. The number of aromatic nitrogens is 2. The van der Waals surface area contributed by atoms with Crippen molar-refractivity contribution >= 4 is 27.4 Å². The first kappa shape index (κ1) is 10.0. The van der Waals surface area contributed by atoms with E-state index in [2.05, 4.69) is 31.2 Å². The number of hydrogen-bond donors (Lipinski definition) is 1. The summed E-state index contributed by atoms with van der Waals surface area (Å²) >= 11 is 3.33. The normalized spacial score (nSPS) is 10.0. The van der Waals surface area contributed by atoms with Crippen molar-refractivity contribution in [1.82, 2.24) is 9.97 Å². The van der Waals surface area contributed by atoms with Crippen LogP contribution in [0, 0.1) is 5.95 Å². The smallest absolute Gasteiger partial charge is 0.218 e. The Hall–Kier alpha value is -1.49. The van der Waals surface area contributed by atoms with Gasteiger partial charge in [-0.2, -0.15) is 4.39 Å². The second kappa shape index (κ2) is 4.35. The molecule has 0 spiro atoms. The van der Waals surface area contributed by atoms with Crippen molar-refractivity contribution in [2.45, 2.75) is 0 Å². The van der Waals surface area contributed by atoms with Crippen molar-refractivity contribution in [2.24, 2.45) is 0 Å². The summed E-state index contributed by atoms with van der Waals surface area (Å²) in [4.78, 5) is 7.25. The van der Waals surface area contributed by atoms with Crippen LogP contribution in [0.15, 0.2) is 41.1 Å². The monoisotopic (exact) mass is 267 g/mol. The summed E-state index contributed by atoms with van der Waals surface area (Å²) in [6.45, 7) is 0. The van der Waals surface area contributed by atoms with E-state index in [1.165, 1.54) is 12.4 Å². The molecule has 2 aromatic rings. The fraction of sp³-hybridized carbons (Fsp3) is 0. The van der Waals surface area contributed by atoms with E-state index in [0.29, 0.717) is 5.82 Å². The lowest BCUT2D eigenvalue weighted by Crippen LogP contribution is -1.95. The Labute approximate surface area is 94.5 Å². The summed E-state index contributed by atoms with van der Waals surface area (Å²) in [5, 5.41) is 2.96. The quantitative estimate of drug-likeness (QED) is 0.850. The summed E-state index contributed by atoms with van der Waals surface area (Å²) in [6.07, 6.45) is 1.18. The van der Waals surface area contributed by atoms with E-state index >= 15 is 0 Å². The average Bonchev–Trinajstić information content (AvgIpc) is 2.22. The Balaban J connectivity index is 2.18. The molecule has 5 heteroatoms. The van der Waals surface area contributed by atoms with Gasteiger partial charge in [-0.05, 0) is 24.3 Å². The summed E-state index contributed by atoms with van der Waals surface area (Å²) in [5.41, 5.74) is 0.844. The molecule has 2 rings (SSSR count). The molecule has 1 heterocycles. The molecule has 0 saturated carbocycles. The molecule has 0 aliphatic heterocycles. The van der Waals surface area contributed by atoms with Gasteiger partial charge in [0.15, 0.2) is 0 Å². The van der Waals surface area contributed by atoms with Crippen LogP contribution in [0.1, 0.15) is 0 Å². The zero-order chi connectivity index (χ0) is 10.7. The van der Waals surface area contributed by atoms with E-state index in [4.69, 9.17) is 0 Å². The molecule has 0 aliphatic carbocycles. The van der Waals surface area contributed by atoms with Crippen LogP contribution in [0.5, 0.6) is 0 Å². The van der Waals surface area contributed by atoms with E-state index in [0.717, 1.165) is 10.2 Å². The number of benzene rings is 1. The van der Waals surface area contributed by atoms with Crippen molar-refractivity contribution in [1.29, 1.82) is 0 Å². The second-order valence-electron chi connectivity index (χ2n) is 2.86. The van der Waals surface area contributed by atoms with Crippen LogP contribution in [0.2, 0.25) is 0 Å². The van der Waals surface area contributed by atoms with E-state index in [-0.39, 0.29) is 0 Å². The molecular formula is C10H7BrFN3. The molecule has 3 nitrogen and oxygen atoms in total. The zero-order valence-electron chi connectivity index (χ0n) is 7.61. The SMILES string of the molecule is Fc1cc(Nc2ccc(Br)cc2)ncn1. The van der Waals surface area contributed by atoms with Crippen molar-refractivity contribution in [3.05, 3.63) is 47.1 Å². The first-order valence-corrected chi connectivity index (χ1v) is 5.03.